The lowest BCUT2D eigenvalue weighted by molar-refractivity contribution is 0.0913. The second kappa shape index (κ2) is 5.35. The molecule has 1 N–H and O–H groups in total. The number of nitrogens with zero attached hydrogens (tertiary/aromatic N) is 2. The average Bonchev–Trinajstić information content (AvgIpc) is 2.83. The molecule has 0 amide bonds. The molecule has 0 spiro atoms. The number of carbonyl (C=O) groups is 1. The molecule has 18 heavy (non-hydrogen) atoms. The van der Waals surface area contributed by atoms with Crippen LogP contribution in [0.3, 0.4) is 0 Å². The van der Waals surface area contributed by atoms with Gasteiger partial charge < -0.3 is 10.1 Å². The van der Waals surface area contributed by atoms with Gasteiger partial charge in [0.05, 0.1) is 25.0 Å². The van der Waals surface area contributed by atoms with Gasteiger partial charge in [-0.1, -0.05) is 12.1 Å². The van der Waals surface area contributed by atoms with Crippen LogP contribution in [0.1, 0.15) is 10.5 Å². The van der Waals surface area contributed by atoms with Gasteiger partial charge in [-0.05, 0) is 25.1 Å². The van der Waals surface area contributed by atoms with Gasteiger partial charge in [-0.3, -0.25) is 4.79 Å². The van der Waals surface area contributed by atoms with Crippen LogP contribution in [-0.4, -0.2) is 29.3 Å². The van der Waals surface area contributed by atoms with Crippen molar-refractivity contribution in [3.63, 3.8) is 0 Å². The molecule has 0 atom stereocenters. The smallest absolute Gasteiger partial charge is 0.266 e. The molecule has 5 heteroatoms. The quantitative estimate of drug-likeness (QED) is 0.894. The Labute approximate surface area is 105 Å². The molecule has 0 aliphatic carbocycles. The number of hydrogen-bond acceptors (Lipinski definition) is 4. The van der Waals surface area contributed by atoms with E-state index in [0.717, 1.165) is 11.4 Å². The molecule has 2 aromatic rings. The van der Waals surface area contributed by atoms with Gasteiger partial charge in [-0.25, -0.2) is 4.68 Å². The first-order valence-electron chi connectivity index (χ1n) is 5.63. The summed E-state index contributed by atoms with van der Waals surface area (Å²) in [5.74, 6) is 0.593. The molecule has 0 aliphatic rings. The molecule has 5 nitrogen and oxygen atoms in total. The Balaban J connectivity index is 2.01. The van der Waals surface area contributed by atoms with Gasteiger partial charge in [0.15, 0.2) is 0 Å². The normalized spacial score (nSPS) is 10.1. The van der Waals surface area contributed by atoms with Crippen LogP contribution in [0.25, 0.3) is 0 Å². The van der Waals surface area contributed by atoms with Gasteiger partial charge in [-0.15, -0.1) is 0 Å². The predicted octanol–water partition coefficient (Wildman–Crippen LogP) is 1.95. The Morgan fingerprint density at radius 2 is 2.17 bits per heavy atom. The fourth-order valence-corrected chi connectivity index (χ4v) is 1.60. The van der Waals surface area contributed by atoms with Crippen LogP contribution in [-0.2, 0) is 0 Å². The molecule has 0 unspecified atom stereocenters. The number of methoxy groups -OCH3 is 1. The van der Waals surface area contributed by atoms with Crippen LogP contribution in [0, 0.1) is 6.92 Å². The topological polar surface area (TPSA) is 56.1 Å². The summed E-state index contributed by atoms with van der Waals surface area (Å²) in [5.41, 5.74) is 1.61. The van der Waals surface area contributed by atoms with Crippen LogP contribution in [0.15, 0.2) is 36.5 Å². The maximum absolute atomic E-state index is 11.8. The highest BCUT2D eigenvalue weighted by molar-refractivity contribution is 5.82. The van der Waals surface area contributed by atoms with Crippen molar-refractivity contribution in [3.8, 4) is 5.75 Å². The number of nitrogens with one attached hydrogen (secondary N) is 1. The highest BCUT2D eigenvalue weighted by Gasteiger charge is 2.07. The maximum Gasteiger partial charge on any atom is 0.266 e. The zero-order valence-electron chi connectivity index (χ0n) is 10.4. The van der Waals surface area contributed by atoms with E-state index >= 15 is 0 Å². The van der Waals surface area contributed by atoms with Crippen molar-refractivity contribution in [3.05, 3.63) is 42.2 Å². The molecule has 1 aromatic heterocycles. The average molecular weight is 245 g/mol. The molecule has 0 saturated heterocycles. The molecular formula is C13H15N3O2. The van der Waals surface area contributed by atoms with E-state index in [2.05, 4.69) is 10.4 Å². The molecule has 0 aliphatic heterocycles. The first-order valence-corrected chi connectivity index (χ1v) is 5.63. The Morgan fingerprint density at radius 3 is 2.83 bits per heavy atom. The lowest BCUT2D eigenvalue weighted by Crippen LogP contribution is -2.21. The summed E-state index contributed by atoms with van der Waals surface area (Å²) in [5, 5.41) is 7.10. The summed E-state index contributed by atoms with van der Waals surface area (Å²) in [6.07, 6.45) is 1.65. The van der Waals surface area contributed by atoms with Crippen molar-refractivity contribution in [2.45, 2.75) is 6.92 Å². The largest absolute Gasteiger partial charge is 0.495 e. The van der Waals surface area contributed by atoms with Gasteiger partial charge in [0.2, 0.25) is 0 Å². The van der Waals surface area contributed by atoms with E-state index in [4.69, 9.17) is 4.74 Å². The van der Waals surface area contributed by atoms with Gasteiger partial charge in [0.1, 0.15) is 5.75 Å². The third kappa shape index (κ3) is 2.68. The SMILES string of the molecule is COc1ccccc1NCC(=O)n1ccc(C)n1. The Morgan fingerprint density at radius 1 is 1.39 bits per heavy atom. The number of carbonyl (C=O) groups excluding carboxylic acids is 1. The lowest BCUT2D eigenvalue weighted by atomic mass is 10.3. The molecule has 1 aromatic carbocycles. The number of benzene rings is 1. The minimum atomic E-state index is -0.117. The van der Waals surface area contributed by atoms with Crippen LogP contribution < -0.4 is 10.1 Å². The highest BCUT2D eigenvalue weighted by atomic mass is 16.5. The molecule has 0 fully saturated rings. The number of ether oxygens (including phenoxy) is 1. The molecular weight excluding hydrogens is 230 g/mol. The van der Waals surface area contributed by atoms with E-state index in [1.165, 1.54) is 4.68 Å². The van der Waals surface area contributed by atoms with Crippen molar-refractivity contribution in [2.24, 2.45) is 0 Å². The summed E-state index contributed by atoms with van der Waals surface area (Å²) in [6, 6.07) is 9.25. The third-order valence-corrected chi connectivity index (χ3v) is 2.51. The lowest BCUT2D eigenvalue weighted by Gasteiger charge is -2.09. The van der Waals surface area contributed by atoms with Crippen LogP contribution in [0.4, 0.5) is 5.69 Å². The third-order valence-electron chi connectivity index (χ3n) is 2.51. The fraction of sp³-hybridized carbons (Fsp3) is 0.231. The minimum Gasteiger partial charge on any atom is -0.495 e. The maximum atomic E-state index is 11.8. The van der Waals surface area contributed by atoms with Crippen LogP contribution >= 0.6 is 0 Å². The van der Waals surface area contributed by atoms with E-state index in [0.29, 0.717) is 5.75 Å². The number of para-hydroxylation sites is 2. The van der Waals surface area contributed by atoms with Gasteiger partial charge in [0.25, 0.3) is 5.91 Å². The van der Waals surface area contributed by atoms with Crippen molar-refractivity contribution in [1.82, 2.24) is 9.78 Å². The van der Waals surface area contributed by atoms with Crippen LogP contribution in [0.2, 0.25) is 0 Å². The summed E-state index contributed by atoms with van der Waals surface area (Å²) in [6.45, 7) is 2.01. The van der Waals surface area contributed by atoms with Gasteiger partial charge in [0, 0.05) is 6.20 Å². The molecule has 0 saturated carbocycles. The van der Waals surface area contributed by atoms with E-state index in [1.54, 1.807) is 19.4 Å². The number of aryl methyl sites for hydroxylation is 1. The second-order valence-corrected chi connectivity index (χ2v) is 3.85. The standard InChI is InChI=1S/C13H15N3O2/c1-10-7-8-16(15-10)13(17)9-14-11-5-3-4-6-12(11)18-2/h3-8,14H,9H2,1-2H3. The number of rotatable bonds is 4. The van der Waals surface area contributed by atoms with E-state index in [-0.39, 0.29) is 12.5 Å². The van der Waals surface area contributed by atoms with E-state index in [9.17, 15) is 4.79 Å². The number of anilines is 1. The Bertz CT molecular complexity index is 549. The molecule has 0 radical (unpaired) electrons. The monoisotopic (exact) mass is 245 g/mol. The first-order chi connectivity index (χ1) is 8.70. The predicted molar refractivity (Wildman–Crippen MR) is 69.1 cm³/mol. The summed E-state index contributed by atoms with van der Waals surface area (Å²) < 4.78 is 6.52. The first kappa shape index (κ1) is 12.2. The van der Waals surface area contributed by atoms with E-state index in [1.807, 2.05) is 31.2 Å². The molecule has 1 heterocycles. The summed E-state index contributed by atoms with van der Waals surface area (Å²) in [7, 11) is 1.60. The van der Waals surface area contributed by atoms with Crippen molar-refractivity contribution in [2.75, 3.05) is 19.0 Å². The van der Waals surface area contributed by atoms with E-state index < -0.39 is 0 Å². The van der Waals surface area contributed by atoms with Crippen molar-refractivity contribution < 1.29 is 9.53 Å². The number of aromatic nitrogens is 2. The van der Waals surface area contributed by atoms with Gasteiger partial charge >= 0.3 is 0 Å². The second-order valence-electron chi connectivity index (χ2n) is 3.85. The number of hydrogen-bond donors (Lipinski definition) is 1. The van der Waals surface area contributed by atoms with Crippen molar-refractivity contribution >= 4 is 11.6 Å². The minimum absolute atomic E-state index is 0.117. The highest BCUT2D eigenvalue weighted by Crippen LogP contribution is 2.22. The van der Waals surface area contributed by atoms with Gasteiger partial charge in [-0.2, -0.15) is 5.10 Å². The zero-order chi connectivity index (χ0) is 13.0. The molecule has 0 bridgehead atoms. The fourth-order valence-electron chi connectivity index (χ4n) is 1.60. The summed E-state index contributed by atoms with van der Waals surface area (Å²) >= 11 is 0. The van der Waals surface area contributed by atoms with Crippen LogP contribution in [0.5, 0.6) is 5.75 Å². The molecule has 2 rings (SSSR count). The molecule has 94 valence electrons. The Kier molecular flexibility index (Phi) is 3.62. The summed E-state index contributed by atoms with van der Waals surface area (Å²) in [4.78, 5) is 11.8. The Hall–Kier alpha value is -2.30. The zero-order valence-corrected chi connectivity index (χ0v) is 10.4. The van der Waals surface area contributed by atoms with Crippen molar-refractivity contribution in [1.29, 1.82) is 0 Å².